The van der Waals surface area contributed by atoms with Crippen LogP contribution >= 0.6 is 0 Å². The van der Waals surface area contributed by atoms with Crippen molar-refractivity contribution in [3.8, 4) is 0 Å². The second-order valence-corrected chi connectivity index (χ2v) is 6.40. The van der Waals surface area contributed by atoms with Gasteiger partial charge in [0, 0.05) is 17.6 Å². The van der Waals surface area contributed by atoms with Crippen LogP contribution in [-0.2, 0) is 4.79 Å². The van der Waals surface area contributed by atoms with E-state index in [9.17, 15) is 9.59 Å². The lowest BCUT2D eigenvalue weighted by Crippen LogP contribution is -2.43. The van der Waals surface area contributed by atoms with Crippen LogP contribution < -0.4 is 5.32 Å². The topological polar surface area (TPSA) is 62.3 Å². The summed E-state index contributed by atoms with van der Waals surface area (Å²) in [5.41, 5.74) is 1.89. The van der Waals surface area contributed by atoms with Crippen LogP contribution in [0.3, 0.4) is 0 Å². The summed E-state index contributed by atoms with van der Waals surface area (Å²) in [6.07, 6.45) is 1.48. The monoisotopic (exact) mass is 345 g/mol. The van der Waals surface area contributed by atoms with Crippen molar-refractivity contribution in [3.63, 3.8) is 0 Å². The highest BCUT2D eigenvalue weighted by Crippen LogP contribution is 2.22. The van der Waals surface area contributed by atoms with E-state index in [2.05, 4.69) is 10.3 Å². The first-order chi connectivity index (χ1) is 12.7. The molecule has 1 aliphatic heterocycles. The van der Waals surface area contributed by atoms with Gasteiger partial charge in [0.05, 0.1) is 5.52 Å². The number of carbonyl (C=O) groups is 2. The minimum absolute atomic E-state index is 0.150. The third kappa shape index (κ3) is 3.16. The molecule has 0 radical (unpaired) electrons. The molecule has 0 aliphatic carbocycles. The molecular formula is C21H19N3O2. The lowest BCUT2D eigenvalue weighted by atomic mass is 10.1. The van der Waals surface area contributed by atoms with Gasteiger partial charge in [-0.3, -0.25) is 9.59 Å². The van der Waals surface area contributed by atoms with E-state index in [-0.39, 0.29) is 11.8 Å². The van der Waals surface area contributed by atoms with Gasteiger partial charge in [-0.15, -0.1) is 0 Å². The highest BCUT2D eigenvalue weighted by Gasteiger charge is 2.35. The summed E-state index contributed by atoms with van der Waals surface area (Å²) in [5.74, 6) is -0.343. The van der Waals surface area contributed by atoms with Crippen molar-refractivity contribution in [2.75, 3.05) is 11.9 Å². The van der Waals surface area contributed by atoms with Crippen LogP contribution in [0.1, 0.15) is 23.3 Å². The molecular weight excluding hydrogens is 326 g/mol. The average molecular weight is 345 g/mol. The van der Waals surface area contributed by atoms with Gasteiger partial charge < -0.3 is 10.2 Å². The van der Waals surface area contributed by atoms with E-state index >= 15 is 0 Å². The predicted molar refractivity (Wildman–Crippen MR) is 101 cm³/mol. The van der Waals surface area contributed by atoms with Crippen LogP contribution in [0.4, 0.5) is 5.69 Å². The molecule has 1 atom stereocenters. The number of anilines is 1. The Hall–Kier alpha value is -3.21. The Bertz CT molecular complexity index is 956. The second-order valence-electron chi connectivity index (χ2n) is 6.40. The van der Waals surface area contributed by atoms with Crippen LogP contribution in [0.15, 0.2) is 66.7 Å². The van der Waals surface area contributed by atoms with Gasteiger partial charge >= 0.3 is 0 Å². The van der Waals surface area contributed by atoms with Gasteiger partial charge in [0.1, 0.15) is 11.7 Å². The summed E-state index contributed by atoms with van der Waals surface area (Å²) in [5, 5.41) is 3.89. The fourth-order valence-electron chi connectivity index (χ4n) is 3.36. The number of para-hydroxylation sites is 2. The molecule has 1 aliphatic rings. The van der Waals surface area contributed by atoms with Crippen molar-refractivity contribution in [1.82, 2.24) is 9.88 Å². The average Bonchev–Trinajstić information content (AvgIpc) is 3.18. The van der Waals surface area contributed by atoms with Crippen molar-refractivity contribution in [1.29, 1.82) is 0 Å². The smallest absolute Gasteiger partial charge is 0.273 e. The molecule has 5 nitrogen and oxygen atoms in total. The second kappa shape index (κ2) is 6.96. The number of fused-ring (bicyclic) bond motifs is 1. The van der Waals surface area contributed by atoms with Crippen molar-refractivity contribution in [2.45, 2.75) is 18.9 Å². The number of hydrogen-bond donors (Lipinski definition) is 1. The fraction of sp³-hybridized carbons (Fsp3) is 0.190. The minimum Gasteiger partial charge on any atom is -0.325 e. The number of rotatable bonds is 3. The highest BCUT2D eigenvalue weighted by atomic mass is 16.2. The minimum atomic E-state index is -0.462. The highest BCUT2D eigenvalue weighted by molar-refractivity contribution is 6.01. The zero-order valence-corrected chi connectivity index (χ0v) is 14.3. The number of nitrogens with zero attached hydrogens (tertiary/aromatic N) is 2. The molecule has 4 rings (SSSR count). The van der Waals surface area contributed by atoms with Gasteiger partial charge in [-0.05, 0) is 37.1 Å². The summed E-state index contributed by atoms with van der Waals surface area (Å²) >= 11 is 0. The van der Waals surface area contributed by atoms with E-state index in [0.717, 1.165) is 23.0 Å². The van der Waals surface area contributed by atoms with Gasteiger partial charge in [-0.1, -0.05) is 42.5 Å². The van der Waals surface area contributed by atoms with Gasteiger partial charge in [0.25, 0.3) is 5.91 Å². The van der Waals surface area contributed by atoms with Gasteiger partial charge in [-0.25, -0.2) is 4.98 Å². The molecule has 1 fully saturated rings. The lowest BCUT2D eigenvalue weighted by Gasteiger charge is -2.23. The Morgan fingerprint density at radius 3 is 2.58 bits per heavy atom. The van der Waals surface area contributed by atoms with Gasteiger partial charge in [-0.2, -0.15) is 0 Å². The summed E-state index contributed by atoms with van der Waals surface area (Å²) in [6.45, 7) is 0.570. The summed E-state index contributed by atoms with van der Waals surface area (Å²) < 4.78 is 0. The van der Waals surface area contributed by atoms with Crippen molar-refractivity contribution < 1.29 is 9.59 Å². The van der Waals surface area contributed by atoms with Crippen LogP contribution in [0, 0.1) is 0 Å². The first kappa shape index (κ1) is 16.3. The van der Waals surface area contributed by atoms with Crippen LogP contribution in [-0.4, -0.2) is 34.3 Å². The summed E-state index contributed by atoms with van der Waals surface area (Å²) in [4.78, 5) is 31.7. The van der Waals surface area contributed by atoms with Crippen molar-refractivity contribution >= 4 is 28.4 Å². The zero-order valence-electron chi connectivity index (χ0n) is 14.3. The molecule has 0 spiro atoms. The van der Waals surface area contributed by atoms with E-state index in [1.165, 1.54) is 0 Å². The van der Waals surface area contributed by atoms with E-state index < -0.39 is 6.04 Å². The van der Waals surface area contributed by atoms with Crippen molar-refractivity contribution in [3.05, 3.63) is 72.4 Å². The quantitative estimate of drug-likeness (QED) is 0.790. The third-order valence-electron chi connectivity index (χ3n) is 4.68. The molecule has 3 aromatic rings. The van der Waals surface area contributed by atoms with Crippen molar-refractivity contribution in [2.24, 2.45) is 0 Å². The van der Waals surface area contributed by atoms with E-state index in [4.69, 9.17) is 0 Å². The number of benzene rings is 2. The van der Waals surface area contributed by atoms with Crippen LogP contribution in [0.2, 0.25) is 0 Å². The molecule has 2 heterocycles. The number of hydrogen-bond acceptors (Lipinski definition) is 3. The van der Waals surface area contributed by atoms with Gasteiger partial charge in [0.2, 0.25) is 5.91 Å². The number of carbonyl (C=O) groups excluding carboxylic acids is 2. The lowest BCUT2D eigenvalue weighted by molar-refractivity contribution is -0.119. The Labute approximate surface area is 151 Å². The van der Waals surface area contributed by atoms with E-state index in [1.54, 1.807) is 11.0 Å². The first-order valence-electron chi connectivity index (χ1n) is 8.75. The number of aromatic nitrogens is 1. The largest absolute Gasteiger partial charge is 0.325 e. The summed E-state index contributed by atoms with van der Waals surface area (Å²) in [7, 11) is 0. The molecule has 1 aromatic heterocycles. The maximum Gasteiger partial charge on any atom is 0.273 e. The molecule has 130 valence electrons. The molecule has 0 unspecified atom stereocenters. The molecule has 2 amide bonds. The number of amides is 2. The Balaban J connectivity index is 1.55. The normalized spacial score (nSPS) is 16.6. The standard InChI is InChI=1S/C21H19N3O2/c25-20(22-16-8-2-1-3-9-16)19-11-6-14-24(19)21(26)18-13-12-15-7-4-5-10-17(15)23-18/h1-5,7-10,12-13,19H,6,11,14H2,(H,22,25)/t19-/m0/s1. The number of pyridine rings is 1. The Morgan fingerprint density at radius 2 is 1.73 bits per heavy atom. The molecule has 0 saturated carbocycles. The van der Waals surface area contributed by atoms with E-state index in [1.807, 2.05) is 60.7 Å². The predicted octanol–water partition coefficient (Wildman–Crippen LogP) is 3.48. The Kier molecular flexibility index (Phi) is 4.35. The fourth-order valence-corrected chi connectivity index (χ4v) is 3.36. The molecule has 0 bridgehead atoms. The maximum absolute atomic E-state index is 12.9. The number of likely N-dealkylation sites (tertiary alicyclic amines) is 1. The molecule has 2 aromatic carbocycles. The van der Waals surface area contributed by atoms with Crippen LogP contribution in [0.5, 0.6) is 0 Å². The third-order valence-corrected chi connectivity index (χ3v) is 4.68. The molecule has 5 heteroatoms. The summed E-state index contributed by atoms with van der Waals surface area (Å²) in [6, 6.07) is 20.2. The SMILES string of the molecule is O=C(Nc1ccccc1)[C@@H]1CCCN1C(=O)c1ccc2ccccc2n1. The Morgan fingerprint density at radius 1 is 0.962 bits per heavy atom. The van der Waals surface area contributed by atoms with Gasteiger partial charge in [0.15, 0.2) is 0 Å². The number of nitrogens with one attached hydrogen (secondary N) is 1. The van der Waals surface area contributed by atoms with Crippen LogP contribution in [0.25, 0.3) is 10.9 Å². The first-order valence-corrected chi connectivity index (χ1v) is 8.75. The zero-order chi connectivity index (χ0) is 17.9. The maximum atomic E-state index is 12.9. The molecule has 26 heavy (non-hydrogen) atoms. The molecule has 1 saturated heterocycles. The molecule has 1 N–H and O–H groups in total. The van der Waals surface area contributed by atoms with E-state index in [0.29, 0.717) is 18.7 Å².